The van der Waals surface area contributed by atoms with E-state index in [1.54, 1.807) is 6.08 Å². The quantitative estimate of drug-likeness (QED) is 0.303. The standard InChI is InChI=1S/C25H30N4O3S/c1-6-12-29-24(19(5)32-20-14-17(3)13-18(4)15-20)27-28-25(29)33-16-23(30)26-21-10-8-9-11-22(21)31-7-2/h6,8-11,13-15,19H,1,7,12,16H2,2-5H3,(H,26,30). The number of para-hydroxylation sites is 2. The van der Waals surface area contributed by atoms with Crippen molar-refractivity contribution in [1.29, 1.82) is 0 Å². The van der Waals surface area contributed by atoms with Crippen LogP contribution in [0.4, 0.5) is 5.69 Å². The topological polar surface area (TPSA) is 78.3 Å². The van der Waals surface area contributed by atoms with Crippen molar-refractivity contribution in [2.45, 2.75) is 45.5 Å². The average molecular weight is 467 g/mol. The van der Waals surface area contributed by atoms with E-state index in [1.165, 1.54) is 11.8 Å². The number of amides is 1. The second-order valence-electron chi connectivity index (χ2n) is 7.59. The Morgan fingerprint density at radius 1 is 1.21 bits per heavy atom. The normalized spacial score (nSPS) is 11.6. The molecule has 0 spiro atoms. The van der Waals surface area contributed by atoms with Gasteiger partial charge in [0.15, 0.2) is 17.1 Å². The van der Waals surface area contributed by atoms with Gasteiger partial charge in [0, 0.05) is 6.54 Å². The van der Waals surface area contributed by atoms with Crippen LogP contribution in [0.2, 0.25) is 0 Å². The van der Waals surface area contributed by atoms with Crippen LogP contribution in [-0.2, 0) is 11.3 Å². The number of benzene rings is 2. The van der Waals surface area contributed by atoms with Gasteiger partial charge in [-0.2, -0.15) is 0 Å². The van der Waals surface area contributed by atoms with E-state index in [1.807, 2.05) is 68.7 Å². The molecule has 3 rings (SSSR count). The van der Waals surface area contributed by atoms with Gasteiger partial charge in [0.25, 0.3) is 0 Å². The molecule has 0 aliphatic rings. The summed E-state index contributed by atoms with van der Waals surface area (Å²) in [5.74, 6) is 2.14. The van der Waals surface area contributed by atoms with Crippen LogP contribution in [-0.4, -0.2) is 33.0 Å². The van der Waals surface area contributed by atoms with Crippen molar-refractivity contribution in [2.24, 2.45) is 0 Å². The van der Waals surface area contributed by atoms with E-state index < -0.39 is 0 Å². The lowest BCUT2D eigenvalue weighted by Crippen LogP contribution is -2.16. The highest BCUT2D eigenvalue weighted by atomic mass is 32.2. The second-order valence-corrected chi connectivity index (χ2v) is 8.53. The van der Waals surface area contributed by atoms with Crippen LogP contribution >= 0.6 is 11.8 Å². The molecule has 0 bridgehead atoms. The average Bonchev–Trinajstić information content (AvgIpc) is 3.16. The summed E-state index contributed by atoms with van der Waals surface area (Å²) in [6.45, 7) is 12.8. The number of ether oxygens (including phenoxy) is 2. The Labute approximate surface area is 199 Å². The molecule has 0 fully saturated rings. The number of anilines is 1. The van der Waals surface area contributed by atoms with Gasteiger partial charge in [-0.1, -0.05) is 36.0 Å². The summed E-state index contributed by atoms with van der Waals surface area (Å²) in [7, 11) is 0. The number of hydrogen-bond donors (Lipinski definition) is 1. The zero-order valence-electron chi connectivity index (χ0n) is 19.5. The Balaban J connectivity index is 1.69. The van der Waals surface area contributed by atoms with Crippen LogP contribution in [0, 0.1) is 13.8 Å². The van der Waals surface area contributed by atoms with E-state index in [0.29, 0.717) is 35.6 Å². The van der Waals surface area contributed by atoms with E-state index in [4.69, 9.17) is 9.47 Å². The minimum absolute atomic E-state index is 0.151. The van der Waals surface area contributed by atoms with Gasteiger partial charge < -0.3 is 14.8 Å². The maximum atomic E-state index is 12.6. The molecule has 0 aliphatic heterocycles. The van der Waals surface area contributed by atoms with E-state index >= 15 is 0 Å². The zero-order chi connectivity index (χ0) is 23.8. The number of allylic oxidation sites excluding steroid dienone is 1. The third kappa shape index (κ3) is 6.61. The number of nitrogens with zero attached hydrogens (tertiary/aromatic N) is 3. The molecule has 1 heterocycles. The summed E-state index contributed by atoms with van der Waals surface area (Å²) >= 11 is 1.32. The molecule has 8 heteroatoms. The number of aromatic nitrogens is 3. The zero-order valence-corrected chi connectivity index (χ0v) is 20.3. The van der Waals surface area contributed by atoms with Crippen molar-refractivity contribution in [1.82, 2.24) is 14.8 Å². The van der Waals surface area contributed by atoms with Crippen molar-refractivity contribution in [3.8, 4) is 11.5 Å². The predicted octanol–water partition coefficient (Wildman–Crippen LogP) is 5.35. The van der Waals surface area contributed by atoms with Gasteiger partial charge in [-0.3, -0.25) is 9.36 Å². The predicted molar refractivity (Wildman–Crippen MR) is 132 cm³/mol. The monoisotopic (exact) mass is 466 g/mol. The summed E-state index contributed by atoms with van der Waals surface area (Å²) in [4.78, 5) is 12.6. The number of carbonyl (C=O) groups is 1. The molecular formula is C25H30N4O3S. The Morgan fingerprint density at radius 3 is 2.64 bits per heavy atom. The summed E-state index contributed by atoms with van der Waals surface area (Å²) < 4.78 is 13.6. The molecule has 2 aromatic carbocycles. The minimum Gasteiger partial charge on any atom is -0.492 e. The van der Waals surface area contributed by atoms with Crippen LogP contribution in [0.3, 0.4) is 0 Å². The van der Waals surface area contributed by atoms with Crippen molar-refractivity contribution in [3.63, 3.8) is 0 Å². The molecule has 7 nitrogen and oxygen atoms in total. The van der Waals surface area contributed by atoms with Gasteiger partial charge >= 0.3 is 0 Å². The molecule has 0 saturated heterocycles. The first-order chi connectivity index (χ1) is 15.9. The number of rotatable bonds is 11. The highest BCUT2D eigenvalue weighted by molar-refractivity contribution is 7.99. The summed E-state index contributed by atoms with van der Waals surface area (Å²) in [5.41, 5.74) is 2.92. The fraction of sp³-hybridized carbons (Fsp3) is 0.320. The molecule has 1 atom stereocenters. The van der Waals surface area contributed by atoms with Crippen LogP contribution in [0.5, 0.6) is 11.5 Å². The van der Waals surface area contributed by atoms with E-state index in [2.05, 4.69) is 28.2 Å². The third-order valence-corrected chi connectivity index (χ3v) is 5.69. The van der Waals surface area contributed by atoms with Crippen molar-refractivity contribution >= 4 is 23.4 Å². The van der Waals surface area contributed by atoms with Gasteiger partial charge in [0.1, 0.15) is 11.5 Å². The Kier molecular flexibility index (Phi) is 8.54. The fourth-order valence-electron chi connectivity index (χ4n) is 3.43. The van der Waals surface area contributed by atoms with E-state index in [-0.39, 0.29) is 17.8 Å². The van der Waals surface area contributed by atoms with E-state index in [0.717, 1.165) is 16.9 Å². The van der Waals surface area contributed by atoms with Crippen LogP contribution in [0.1, 0.15) is 36.9 Å². The molecule has 1 amide bonds. The number of carbonyl (C=O) groups excluding carboxylic acids is 1. The second kappa shape index (κ2) is 11.6. The van der Waals surface area contributed by atoms with Crippen LogP contribution in [0.25, 0.3) is 0 Å². The third-order valence-electron chi connectivity index (χ3n) is 4.72. The van der Waals surface area contributed by atoms with Crippen LogP contribution < -0.4 is 14.8 Å². The maximum Gasteiger partial charge on any atom is 0.234 e. The molecule has 1 N–H and O–H groups in total. The van der Waals surface area contributed by atoms with Crippen molar-refractivity contribution in [3.05, 3.63) is 72.1 Å². The van der Waals surface area contributed by atoms with Crippen LogP contribution in [0.15, 0.2) is 60.3 Å². The summed E-state index contributed by atoms with van der Waals surface area (Å²) in [6.07, 6.45) is 1.46. The number of hydrogen-bond acceptors (Lipinski definition) is 6. The highest BCUT2D eigenvalue weighted by Crippen LogP contribution is 2.27. The molecule has 1 aromatic heterocycles. The molecule has 1 unspecified atom stereocenters. The highest BCUT2D eigenvalue weighted by Gasteiger charge is 2.20. The van der Waals surface area contributed by atoms with Gasteiger partial charge in [0.05, 0.1) is 18.0 Å². The first kappa shape index (κ1) is 24.4. The number of aryl methyl sites for hydroxylation is 2. The smallest absolute Gasteiger partial charge is 0.234 e. The Morgan fingerprint density at radius 2 is 1.94 bits per heavy atom. The van der Waals surface area contributed by atoms with Crippen molar-refractivity contribution in [2.75, 3.05) is 17.7 Å². The molecule has 174 valence electrons. The van der Waals surface area contributed by atoms with E-state index in [9.17, 15) is 4.79 Å². The summed E-state index contributed by atoms with van der Waals surface area (Å²) in [5, 5.41) is 12.2. The number of thioether (sulfide) groups is 1. The lowest BCUT2D eigenvalue weighted by molar-refractivity contribution is -0.113. The van der Waals surface area contributed by atoms with Gasteiger partial charge in [-0.15, -0.1) is 16.8 Å². The SMILES string of the molecule is C=CCn1c(SCC(=O)Nc2ccccc2OCC)nnc1C(C)Oc1cc(C)cc(C)c1. The molecule has 3 aromatic rings. The fourth-order valence-corrected chi connectivity index (χ4v) is 4.19. The van der Waals surface area contributed by atoms with Gasteiger partial charge in [0.2, 0.25) is 5.91 Å². The van der Waals surface area contributed by atoms with Crippen molar-refractivity contribution < 1.29 is 14.3 Å². The summed E-state index contributed by atoms with van der Waals surface area (Å²) in [6, 6.07) is 13.5. The molecular weight excluding hydrogens is 436 g/mol. The lowest BCUT2D eigenvalue weighted by Gasteiger charge is -2.16. The van der Waals surface area contributed by atoms with Gasteiger partial charge in [-0.25, -0.2) is 0 Å². The first-order valence-electron chi connectivity index (χ1n) is 10.8. The molecule has 33 heavy (non-hydrogen) atoms. The molecule has 0 saturated carbocycles. The molecule has 0 radical (unpaired) electrons. The lowest BCUT2D eigenvalue weighted by atomic mass is 10.1. The Bertz CT molecular complexity index is 1090. The maximum absolute atomic E-state index is 12.6. The first-order valence-corrected chi connectivity index (χ1v) is 11.8. The number of nitrogens with one attached hydrogen (secondary N) is 1. The minimum atomic E-state index is -0.320. The Hall–Kier alpha value is -3.26. The van der Waals surface area contributed by atoms with Gasteiger partial charge in [-0.05, 0) is 63.1 Å². The molecule has 0 aliphatic carbocycles. The largest absolute Gasteiger partial charge is 0.492 e.